The number of imidazole rings is 1. The molecular formula is C27H34F6N6O3. The van der Waals surface area contributed by atoms with Crippen LogP contribution in [-0.2, 0) is 9.53 Å². The predicted octanol–water partition coefficient (Wildman–Crippen LogP) is 4.62. The molecule has 4 heterocycles. The first-order valence-electron chi connectivity index (χ1n) is 13.9. The minimum absolute atomic E-state index is 0.0484. The third-order valence-corrected chi connectivity index (χ3v) is 8.31. The van der Waals surface area contributed by atoms with Crippen molar-refractivity contribution in [3.63, 3.8) is 0 Å². The number of hydrogen-bond acceptors (Lipinski definition) is 6. The van der Waals surface area contributed by atoms with Crippen molar-refractivity contribution in [1.29, 1.82) is 0 Å². The molecular weight excluding hydrogens is 570 g/mol. The van der Waals surface area contributed by atoms with Crippen molar-refractivity contribution in [2.45, 2.75) is 81.8 Å². The van der Waals surface area contributed by atoms with E-state index in [1.54, 1.807) is 33.0 Å². The van der Waals surface area contributed by atoms with E-state index in [0.29, 0.717) is 21.8 Å². The summed E-state index contributed by atoms with van der Waals surface area (Å²) >= 11 is 0. The molecule has 232 valence electrons. The minimum Gasteiger partial charge on any atom is -0.444 e. The number of halogens is 6. The molecule has 5 rings (SSSR count). The molecule has 2 N–H and O–H groups in total. The van der Waals surface area contributed by atoms with E-state index in [4.69, 9.17) is 10.5 Å². The molecule has 0 radical (unpaired) electrons. The van der Waals surface area contributed by atoms with Crippen LogP contribution in [0.15, 0.2) is 18.5 Å². The number of rotatable bonds is 4. The summed E-state index contributed by atoms with van der Waals surface area (Å²) in [7, 11) is 0. The van der Waals surface area contributed by atoms with Crippen LogP contribution < -0.4 is 5.73 Å². The summed E-state index contributed by atoms with van der Waals surface area (Å²) in [5.41, 5.74) is 6.75. The fourth-order valence-corrected chi connectivity index (χ4v) is 5.96. The van der Waals surface area contributed by atoms with E-state index in [0.717, 1.165) is 0 Å². The second kappa shape index (κ2) is 10.3. The number of alkyl halides is 6. The van der Waals surface area contributed by atoms with Crippen LogP contribution in [-0.4, -0.2) is 85.9 Å². The largest absolute Gasteiger partial charge is 0.444 e. The van der Waals surface area contributed by atoms with Crippen molar-refractivity contribution in [2.24, 2.45) is 17.6 Å². The third-order valence-electron chi connectivity index (χ3n) is 8.31. The number of amides is 2. The Morgan fingerprint density at radius 2 is 1.64 bits per heavy atom. The van der Waals surface area contributed by atoms with Gasteiger partial charge in [0, 0.05) is 31.8 Å². The zero-order valence-corrected chi connectivity index (χ0v) is 23.5. The molecule has 2 aromatic heterocycles. The summed E-state index contributed by atoms with van der Waals surface area (Å²) in [6, 6.07) is 1.00. The quantitative estimate of drug-likeness (QED) is 0.511. The van der Waals surface area contributed by atoms with E-state index >= 15 is 0 Å². The number of aromatic nitrogens is 3. The van der Waals surface area contributed by atoms with Gasteiger partial charge >= 0.3 is 17.9 Å². The van der Waals surface area contributed by atoms with Crippen molar-refractivity contribution >= 4 is 17.6 Å². The SMILES string of the molecule is CC(C)(C)OC(=O)N1C[C@H](C(=O)N2CC(F)(F)C(F)(F)C2)[C@H](c2cnn3cc([C@@H](N)C4CCC(F)(F)CC4)nc3c2)C1. The zero-order valence-electron chi connectivity index (χ0n) is 23.5. The van der Waals surface area contributed by atoms with Crippen LogP contribution in [0.25, 0.3) is 5.65 Å². The third kappa shape index (κ3) is 5.88. The van der Waals surface area contributed by atoms with Crippen LogP contribution in [0.1, 0.15) is 69.7 Å². The molecule has 0 bridgehead atoms. The summed E-state index contributed by atoms with van der Waals surface area (Å²) in [5, 5.41) is 4.34. The second-order valence-electron chi connectivity index (χ2n) is 12.7. The van der Waals surface area contributed by atoms with E-state index in [1.165, 1.54) is 15.6 Å². The highest BCUT2D eigenvalue weighted by molar-refractivity contribution is 5.82. The molecule has 2 aliphatic heterocycles. The molecule has 2 aromatic rings. The number of hydrogen-bond donors (Lipinski definition) is 1. The van der Waals surface area contributed by atoms with Crippen LogP contribution in [0.5, 0.6) is 0 Å². The van der Waals surface area contributed by atoms with Gasteiger partial charge in [0.05, 0.1) is 43.1 Å². The Bertz CT molecular complexity index is 1340. The number of carbonyl (C=O) groups is 2. The normalized spacial score (nSPS) is 26.5. The number of carbonyl (C=O) groups excluding carboxylic acids is 2. The molecule has 3 atom stereocenters. The molecule has 0 unspecified atom stereocenters. The molecule has 1 aliphatic carbocycles. The van der Waals surface area contributed by atoms with Gasteiger partial charge in [-0.25, -0.2) is 23.1 Å². The van der Waals surface area contributed by atoms with Gasteiger partial charge in [-0.1, -0.05) is 0 Å². The first kappa shape index (κ1) is 30.4. The van der Waals surface area contributed by atoms with Gasteiger partial charge in [-0.2, -0.15) is 22.7 Å². The van der Waals surface area contributed by atoms with Crippen molar-refractivity contribution < 1.29 is 40.7 Å². The molecule has 9 nitrogen and oxygen atoms in total. The molecule has 0 aromatic carbocycles. The number of likely N-dealkylation sites (tertiary alicyclic amines) is 2. The first-order chi connectivity index (χ1) is 19.4. The smallest absolute Gasteiger partial charge is 0.410 e. The Kier molecular flexibility index (Phi) is 7.42. The number of fused-ring (bicyclic) bond motifs is 1. The standard InChI is InChI=1S/C27H34F6N6O3/c1-24(2,3)42-23(41)37-10-17(18(11-37)22(40)38-13-26(30,31)27(32,33)14-38)16-8-20-36-19(12-39(20)35-9-16)21(34)15-4-6-25(28,29)7-5-15/h8-9,12,15,17-18,21H,4-7,10-11,13-14,34H2,1-3H3/t17-,18-,21-/m0/s1. The van der Waals surface area contributed by atoms with Gasteiger partial charge in [0.15, 0.2) is 5.65 Å². The molecule has 42 heavy (non-hydrogen) atoms. The van der Waals surface area contributed by atoms with Gasteiger partial charge in [0.2, 0.25) is 11.8 Å². The number of nitrogens with two attached hydrogens (primary N) is 1. The fraction of sp³-hybridized carbons (Fsp3) is 0.704. The van der Waals surface area contributed by atoms with Gasteiger partial charge < -0.3 is 20.3 Å². The lowest BCUT2D eigenvalue weighted by Gasteiger charge is -2.31. The Morgan fingerprint density at radius 1 is 1.02 bits per heavy atom. The molecule has 3 aliphatic rings. The van der Waals surface area contributed by atoms with Crippen LogP contribution in [0, 0.1) is 11.8 Å². The van der Waals surface area contributed by atoms with E-state index in [1.807, 2.05) is 0 Å². The van der Waals surface area contributed by atoms with Gasteiger partial charge in [-0.3, -0.25) is 4.79 Å². The Balaban J connectivity index is 1.41. The van der Waals surface area contributed by atoms with Crippen LogP contribution in [0.4, 0.5) is 31.1 Å². The summed E-state index contributed by atoms with van der Waals surface area (Å²) < 4.78 is 89.9. The van der Waals surface area contributed by atoms with E-state index in [9.17, 15) is 35.9 Å². The van der Waals surface area contributed by atoms with E-state index in [2.05, 4.69) is 10.1 Å². The monoisotopic (exact) mass is 604 g/mol. The summed E-state index contributed by atoms with van der Waals surface area (Å²) in [6.07, 6.45) is 2.30. The zero-order chi connectivity index (χ0) is 30.8. The Hall–Kier alpha value is -3.10. The van der Waals surface area contributed by atoms with Crippen LogP contribution in [0.3, 0.4) is 0 Å². The molecule has 15 heteroatoms. The number of ether oxygens (including phenoxy) is 1. The lowest BCUT2D eigenvalue weighted by atomic mass is 9.81. The van der Waals surface area contributed by atoms with E-state index < -0.39 is 66.3 Å². The summed E-state index contributed by atoms with van der Waals surface area (Å²) in [6.45, 7) is 1.84. The highest BCUT2D eigenvalue weighted by Crippen LogP contribution is 2.44. The van der Waals surface area contributed by atoms with Gasteiger partial charge in [0.25, 0.3) is 0 Å². The Labute approximate surface area is 238 Å². The van der Waals surface area contributed by atoms with Crippen molar-refractivity contribution in [2.75, 3.05) is 26.2 Å². The maximum absolute atomic E-state index is 13.9. The minimum atomic E-state index is -4.37. The molecule has 0 spiro atoms. The maximum Gasteiger partial charge on any atom is 0.410 e. The van der Waals surface area contributed by atoms with Crippen molar-refractivity contribution in [3.05, 3.63) is 29.7 Å². The van der Waals surface area contributed by atoms with Gasteiger partial charge in [0.1, 0.15) is 5.60 Å². The topological polar surface area (TPSA) is 106 Å². The second-order valence-corrected chi connectivity index (χ2v) is 12.7. The summed E-state index contributed by atoms with van der Waals surface area (Å²) in [4.78, 5) is 32.5. The average Bonchev–Trinajstić information content (AvgIpc) is 3.55. The van der Waals surface area contributed by atoms with Crippen molar-refractivity contribution in [3.8, 4) is 0 Å². The highest BCUT2D eigenvalue weighted by Gasteiger charge is 2.64. The number of nitrogens with zero attached hydrogens (tertiary/aromatic N) is 5. The first-order valence-corrected chi connectivity index (χ1v) is 13.9. The molecule has 3 fully saturated rings. The van der Waals surface area contributed by atoms with Gasteiger partial charge in [-0.15, -0.1) is 0 Å². The average molecular weight is 605 g/mol. The lowest BCUT2D eigenvalue weighted by Crippen LogP contribution is -2.40. The maximum atomic E-state index is 13.9. The van der Waals surface area contributed by atoms with E-state index in [-0.39, 0.29) is 44.7 Å². The van der Waals surface area contributed by atoms with Gasteiger partial charge in [-0.05, 0) is 51.2 Å². The summed E-state index contributed by atoms with van der Waals surface area (Å²) in [5.74, 6) is -14.5. The molecule has 1 saturated carbocycles. The lowest BCUT2D eigenvalue weighted by molar-refractivity contribution is -0.172. The highest BCUT2D eigenvalue weighted by atomic mass is 19.3. The molecule has 2 saturated heterocycles. The fourth-order valence-electron chi connectivity index (χ4n) is 5.96. The molecule has 2 amide bonds. The van der Waals surface area contributed by atoms with Crippen LogP contribution >= 0.6 is 0 Å². The predicted molar refractivity (Wildman–Crippen MR) is 137 cm³/mol. The van der Waals surface area contributed by atoms with Crippen molar-refractivity contribution in [1.82, 2.24) is 24.4 Å². The van der Waals surface area contributed by atoms with Crippen LogP contribution in [0.2, 0.25) is 0 Å². The Morgan fingerprint density at radius 3 is 2.24 bits per heavy atom.